The number of rotatable bonds is 1. The third kappa shape index (κ3) is 2.52. The van der Waals surface area contributed by atoms with E-state index in [-0.39, 0.29) is 18.0 Å². The number of anilines is 1. The average Bonchev–Trinajstić information content (AvgIpc) is 2.76. The number of para-hydroxylation sites is 1. The van der Waals surface area contributed by atoms with Crippen molar-refractivity contribution in [1.29, 1.82) is 0 Å². The van der Waals surface area contributed by atoms with Crippen LogP contribution in [0.2, 0.25) is 0 Å². The van der Waals surface area contributed by atoms with Gasteiger partial charge in [0.1, 0.15) is 6.04 Å². The first-order chi connectivity index (χ1) is 9.77. The second-order valence-electron chi connectivity index (χ2n) is 5.80. The lowest BCUT2D eigenvalue weighted by molar-refractivity contribution is -0.122. The molecule has 1 aromatic carbocycles. The summed E-state index contributed by atoms with van der Waals surface area (Å²) in [5.74, 6) is 0.174. The van der Waals surface area contributed by atoms with Crippen LogP contribution < -0.4 is 16.0 Å². The quantitative estimate of drug-likeness (QED) is 0.822. The molecule has 108 valence electrons. The van der Waals surface area contributed by atoms with Gasteiger partial charge in [-0.25, -0.2) is 0 Å². The summed E-state index contributed by atoms with van der Waals surface area (Å²) in [7, 11) is 0. The molecule has 1 amide bonds. The van der Waals surface area contributed by atoms with E-state index in [4.69, 9.17) is 5.73 Å². The van der Waals surface area contributed by atoms with E-state index in [0.29, 0.717) is 0 Å². The lowest BCUT2D eigenvalue weighted by atomic mass is 10.0. The van der Waals surface area contributed by atoms with Crippen LogP contribution in [0, 0.1) is 0 Å². The normalized spacial score (nSPS) is 27.2. The standard InChI is InChI=1S/C16H23N3O/c17-13-7-5-11-19(14-8-2-1-6-12(13)14)15-9-3-4-10-18-16(15)20/h1-2,6,8,13,15H,3-5,7,9-11,17H2,(H,18,20). The molecular formula is C16H23N3O. The Hall–Kier alpha value is -1.55. The van der Waals surface area contributed by atoms with Crippen LogP contribution in [0.5, 0.6) is 0 Å². The van der Waals surface area contributed by atoms with Crippen LogP contribution in [0.4, 0.5) is 5.69 Å². The molecule has 0 aliphatic carbocycles. The molecule has 2 aliphatic rings. The summed E-state index contributed by atoms with van der Waals surface area (Å²) < 4.78 is 0. The molecular weight excluding hydrogens is 250 g/mol. The topological polar surface area (TPSA) is 58.4 Å². The first kappa shape index (κ1) is 13.4. The van der Waals surface area contributed by atoms with Crippen molar-refractivity contribution in [2.75, 3.05) is 18.0 Å². The summed E-state index contributed by atoms with van der Waals surface area (Å²) >= 11 is 0. The average molecular weight is 273 g/mol. The van der Waals surface area contributed by atoms with Crippen molar-refractivity contribution in [3.8, 4) is 0 Å². The van der Waals surface area contributed by atoms with Crippen molar-refractivity contribution in [3.05, 3.63) is 29.8 Å². The zero-order valence-corrected chi connectivity index (χ0v) is 11.8. The Morgan fingerprint density at radius 1 is 1.15 bits per heavy atom. The van der Waals surface area contributed by atoms with Gasteiger partial charge in [-0.3, -0.25) is 4.79 Å². The zero-order chi connectivity index (χ0) is 13.9. The Kier molecular flexibility index (Phi) is 3.92. The van der Waals surface area contributed by atoms with Gasteiger partial charge in [0.15, 0.2) is 0 Å². The maximum Gasteiger partial charge on any atom is 0.242 e. The van der Waals surface area contributed by atoms with E-state index in [1.807, 2.05) is 12.1 Å². The summed E-state index contributed by atoms with van der Waals surface area (Å²) in [6.07, 6.45) is 5.16. The summed E-state index contributed by atoms with van der Waals surface area (Å²) in [6.45, 7) is 1.73. The Balaban J connectivity index is 1.95. The predicted molar refractivity (Wildman–Crippen MR) is 80.6 cm³/mol. The third-order valence-corrected chi connectivity index (χ3v) is 4.44. The highest BCUT2D eigenvalue weighted by Gasteiger charge is 2.30. The molecule has 1 fully saturated rings. The van der Waals surface area contributed by atoms with Gasteiger partial charge in [-0.05, 0) is 43.7 Å². The molecule has 3 N–H and O–H groups in total. The van der Waals surface area contributed by atoms with Crippen LogP contribution in [-0.2, 0) is 4.79 Å². The number of carbonyl (C=O) groups excluding carboxylic acids is 1. The smallest absolute Gasteiger partial charge is 0.242 e. The highest BCUT2D eigenvalue weighted by molar-refractivity contribution is 5.86. The number of nitrogens with one attached hydrogen (secondary N) is 1. The number of carbonyl (C=O) groups is 1. The van der Waals surface area contributed by atoms with Gasteiger partial charge in [-0.2, -0.15) is 0 Å². The van der Waals surface area contributed by atoms with Gasteiger partial charge >= 0.3 is 0 Å². The number of nitrogens with two attached hydrogens (primary N) is 1. The van der Waals surface area contributed by atoms with Crippen LogP contribution in [0.3, 0.4) is 0 Å². The van der Waals surface area contributed by atoms with E-state index in [0.717, 1.165) is 50.9 Å². The number of fused-ring (bicyclic) bond motifs is 1. The van der Waals surface area contributed by atoms with E-state index in [1.54, 1.807) is 0 Å². The molecule has 1 saturated heterocycles. The maximum absolute atomic E-state index is 12.3. The summed E-state index contributed by atoms with van der Waals surface area (Å²) in [5.41, 5.74) is 8.61. The minimum Gasteiger partial charge on any atom is -0.359 e. The molecule has 3 rings (SSSR count). The molecule has 20 heavy (non-hydrogen) atoms. The van der Waals surface area contributed by atoms with E-state index in [2.05, 4.69) is 22.3 Å². The van der Waals surface area contributed by atoms with E-state index >= 15 is 0 Å². The SMILES string of the molecule is NC1CCCN(C2CCCCNC2=O)c2ccccc21. The zero-order valence-electron chi connectivity index (χ0n) is 11.8. The molecule has 2 unspecified atom stereocenters. The molecule has 1 aromatic rings. The van der Waals surface area contributed by atoms with Crippen LogP contribution in [0.1, 0.15) is 43.7 Å². The Labute approximate surface area is 120 Å². The minimum absolute atomic E-state index is 0.0380. The fourth-order valence-corrected chi connectivity index (χ4v) is 3.36. The van der Waals surface area contributed by atoms with Crippen molar-refractivity contribution < 1.29 is 4.79 Å². The van der Waals surface area contributed by atoms with E-state index < -0.39 is 0 Å². The first-order valence-electron chi connectivity index (χ1n) is 7.66. The molecule has 4 nitrogen and oxygen atoms in total. The van der Waals surface area contributed by atoms with Crippen LogP contribution in [0.25, 0.3) is 0 Å². The molecule has 4 heteroatoms. The monoisotopic (exact) mass is 273 g/mol. The van der Waals surface area contributed by atoms with Crippen LogP contribution >= 0.6 is 0 Å². The fraction of sp³-hybridized carbons (Fsp3) is 0.562. The van der Waals surface area contributed by atoms with Crippen molar-refractivity contribution in [2.45, 2.75) is 44.2 Å². The molecule has 0 radical (unpaired) electrons. The van der Waals surface area contributed by atoms with Crippen LogP contribution in [0.15, 0.2) is 24.3 Å². The van der Waals surface area contributed by atoms with Crippen molar-refractivity contribution >= 4 is 11.6 Å². The second-order valence-corrected chi connectivity index (χ2v) is 5.80. The predicted octanol–water partition coefficient (Wildman–Crippen LogP) is 1.96. The number of nitrogens with zero attached hydrogens (tertiary/aromatic N) is 1. The Bertz CT molecular complexity index is 488. The number of hydrogen-bond acceptors (Lipinski definition) is 3. The van der Waals surface area contributed by atoms with E-state index in [9.17, 15) is 4.79 Å². The molecule has 0 bridgehead atoms. The van der Waals surface area contributed by atoms with Gasteiger partial charge in [0.05, 0.1) is 0 Å². The Morgan fingerprint density at radius 2 is 2.00 bits per heavy atom. The number of amides is 1. The molecule has 2 aliphatic heterocycles. The second kappa shape index (κ2) is 5.83. The maximum atomic E-state index is 12.3. The van der Waals surface area contributed by atoms with Crippen molar-refractivity contribution in [3.63, 3.8) is 0 Å². The minimum atomic E-state index is -0.0380. The van der Waals surface area contributed by atoms with Crippen molar-refractivity contribution in [1.82, 2.24) is 5.32 Å². The third-order valence-electron chi connectivity index (χ3n) is 4.44. The fourth-order valence-electron chi connectivity index (χ4n) is 3.36. The summed E-state index contributed by atoms with van der Waals surface area (Å²) in [5, 5.41) is 3.04. The largest absolute Gasteiger partial charge is 0.359 e. The van der Waals surface area contributed by atoms with Gasteiger partial charge in [0, 0.05) is 24.8 Å². The first-order valence-corrected chi connectivity index (χ1v) is 7.66. The molecule has 0 spiro atoms. The lowest BCUT2D eigenvalue weighted by Crippen LogP contribution is -2.46. The van der Waals surface area contributed by atoms with Gasteiger partial charge in [0.25, 0.3) is 0 Å². The van der Waals surface area contributed by atoms with Gasteiger partial charge in [-0.1, -0.05) is 18.2 Å². The van der Waals surface area contributed by atoms with Gasteiger partial charge < -0.3 is 16.0 Å². The molecule has 0 aromatic heterocycles. The number of hydrogen-bond donors (Lipinski definition) is 2. The highest BCUT2D eigenvalue weighted by Crippen LogP contribution is 2.33. The van der Waals surface area contributed by atoms with Crippen molar-refractivity contribution in [2.24, 2.45) is 5.73 Å². The molecule has 0 saturated carbocycles. The van der Waals surface area contributed by atoms with Crippen LogP contribution in [-0.4, -0.2) is 25.0 Å². The highest BCUT2D eigenvalue weighted by atomic mass is 16.2. The van der Waals surface area contributed by atoms with E-state index in [1.165, 1.54) is 5.56 Å². The molecule has 2 heterocycles. The number of benzene rings is 1. The van der Waals surface area contributed by atoms with Gasteiger partial charge in [-0.15, -0.1) is 0 Å². The van der Waals surface area contributed by atoms with Gasteiger partial charge in [0.2, 0.25) is 5.91 Å². The summed E-state index contributed by atoms with van der Waals surface area (Å²) in [6, 6.07) is 8.34. The molecule has 2 atom stereocenters. The lowest BCUT2D eigenvalue weighted by Gasteiger charge is -2.32. The summed E-state index contributed by atoms with van der Waals surface area (Å²) in [4.78, 5) is 14.6. The Morgan fingerprint density at radius 3 is 2.90 bits per heavy atom.